The predicted octanol–water partition coefficient (Wildman–Crippen LogP) is 9.47. The fourth-order valence-electron chi connectivity index (χ4n) is 7.06. The molecule has 1 aromatic heterocycles. The zero-order valence-electron chi connectivity index (χ0n) is 24.0. The maximum absolute atomic E-state index is 8.79. The molecule has 0 aliphatic carbocycles. The maximum Gasteiger partial charge on any atom is 0.0742 e. The molecule has 2 heterocycles. The van der Waals surface area contributed by atoms with Crippen molar-refractivity contribution in [1.29, 1.82) is 10.8 Å². The quantitative estimate of drug-likeness (QED) is 0.189. The van der Waals surface area contributed by atoms with E-state index in [0.29, 0.717) is 11.4 Å². The van der Waals surface area contributed by atoms with Gasteiger partial charge in [0, 0.05) is 10.8 Å². The van der Waals surface area contributed by atoms with Crippen molar-refractivity contribution in [2.45, 2.75) is 5.41 Å². The molecule has 0 bridgehead atoms. The summed E-state index contributed by atoms with van der Waals surface area (Å²) < 4.78 is 2.44. The van der Waals surface area contributed by atoms with Gasteiger partial charge in [-0.25, -0.2) is 0 Å². The average molecular weight is 564 g/mol. The molecule has 7 aromatic rings. The van der Waals surface area contributed by atoms with Gasteiger partial charge in [0.2, 0.25) is 0 Å². The van der Waals surface area contributed by atoms with Crippen molar-refractivity contribution < 1.29 is 0 Å². The lowest BCUT2D eigenvalue weighted by atomic mass is 9.63. The van der Waals surface area contributed by atoms with Gasteiger partial charge in [-0.05, 0) is 57.7 Å². The zero-order chi connectivity index (χ0) is 29.7. The largest absolute Gasteiger partial charge is 0.309 e. The lowest BCUT2D eigenvalue weighted by Crippen LogP contribution is -2.35. The number of rotatable bonds is 6. The van der Waals surface area contributed by atoms with Gasteiger partial charge in [-0.3, -0.25) is 0 Å². The van der Waals surface area contributed by atoms with Crippen molar-refractivity contribution in [1.82, 2.24) is 4.57 Å². The first-order chi connectivity index (χ1) is 21.7. The minimum atomic E-state index is -0.562. The van der Waals surface area contributed by atoms with Crippen LogP contribution in [-0.2, 0) is 5.41 Å². The van der Waals surface area contributed by atoms with Crippen LogP contribution in [0, 0.1) is 10.8 Å². The highest BCUT2D eigenvalue weighted by molar-refractivity contribution is 6.14. The Bertz CT molecular complexity index is 2240. The molecule has 0 saturated heterocycles. The van der Waals surface area contributed by atoms with Gasteiger partial charge in [-0.2, -0.15) is 0 Å². The summed E-state index contributed by atoms with van der Waals surface area (Å²) in [5.74, 6) is 0. The van der Waals surface area contributed by atoms with Crippen LogP contribution in [0.25, 0.3) is 27.5 Å². The molecule has 0 fully saturated rings. The van der Waals surface area contributed by atoms with Crippen LogP contribution in [0.15, 0.2) is 164 Å². The van der Waals surface area contributed by atoms with Gasteiger partial charge in [0.25, 0.3) is 0 Å². The fourth-order valence-corrected chi connectivity index (χ4v) is 7.06. The summed E-state index contributed by atoms with van der Waals surface area (Å²) in [5, 5.41) is 19.7. The summed E-state index contributed by atoms with van der Waals surface area (Å²) in [7, 11) is 0. The van der Waals surface area contributed by atoms with Crippen molar-refractivity contribution in [3.8, 4) is 5.69 Å². The van der Waals surface area contributed by atoms with Gasteiger partial charge in [0.05, 0.1) is 33.6 Å². The van der Waals surface area contributed by atoms with Crippen LogP contribution < -0.4 is 0 Å². The van der Waals surface area contributed by atoms with Gasteiger partial charge >= 0.3 is 0 Å². The van der Waals surface area contributed by atoms with E-state index in [-0.39, 0.29) is 0 Å². The van der Waals surface area contributed by atoms with E-state index >= 15 is 0 Å². The van der Waals surface area contributed by atoms with E-state index in [2.05, 4.69) is 114 Å². The SMILES string of the molecule is N=C(/C=C\C(=N)c1ccc(C2(c3ccccc3)c3ccccc3-n3c4ccccc4c4cccc2c43)cc1)c1ccccc1. The molecule has 1 unspecified atom stereocenters. The van der Waals surface area contributed by atoms with Crippen LogP contribution in [-0.4, -0.2) is 16.0 Å². The molecule has 1 atom stereocenters. The van der Waals surface area contributed by atoms with Crippen LogP contribution in [0.1, 0.15) is 33.4 Å². The number of hydrogen-bond donors (Lipinski definition) is 2. The van der Waals surface area contributed by atoms with Crippen LogP contribution >= 0.6 is 0 Å². The van der Waals surface area contributed by atoms with E-state index in [1.54, 1.807) is 12.2 Å². The van der Waals surface area contributed by atoms with Crippen LogP contribution in [0.3, 0.4) is 0 Å². The summed E-state index contributed by atoms with van der Waals surface area (Å²) in [4.78, 5) is 0. The second kappa shape index (κ2) is 10.2. The minimum Gasteiger partial charge on any atom is -0.309 e. The van der Waals surface area contributed by atoms with E-state index in [1.165, 1.54) is 44.2 Å². The summed E-state index contributed by atoms with van der Waals surface area (Å²) in [6.07, 6.45) is 3.42. The minimum absolute atomic E-state index is 0.372. The summed E-state index contributed by atoms with van der Waals surface area (Å²) in [6.45, 7) is 0. The second-order valence-corrected chi connectivity index (χ2v) is 11.3. The Morgan fingerprint density at radius 1 is 0.477 bits per heavy atom. The maximum atomic E-state index is 8.79. The molecule has 0 saturated carbocycles. The molecule has 3 nitrogen and oxygen atoms in total. The smallest absolute Gasteiger partial charge is 0.0742 e. The Morgan fingerprint density at radius 2 is 1.02 bits per heavy atom. The zero-order valence-corrected chi connectivity index (χ0v) is 24.0. The number of nitrogens with one attached hydrogen (secondary N) is 2. The third-order valence-corrected chi connectivity index (χ3v) is 8.98. The van der Waals surface area contributed by atoms with Gasteiger partial charge < -0.3 is 15.4 Å². The number of nitrogens with zero attached hydrogens (tertiary/aromatic N) is 1. The monoisotopic (exact) mass is 563 g/mol. The fraction of sp³-hybridized carbons (Fsp3) is 0.0244. The third-order valence-electron chi connectivity index (χ3n) is 8.98. The summed E-state index contributed by atoms with van der Waals surface area (Å²) in [5.41, 5.74) is 10.3. The molecule has 0 radical (unpaired) electrons. The average Bonchev–Trinajstić information content (AvgIpc) is 3.44. The van der Waals surface area contributed by atoms with E-state index < -0.39 is 5.41 Å². The van der Waals surface area contributed by atoms with E-state index in [4.69, 9.17) is 10.8 Å². The van der Waals surface area contributed by atoms with Crippen molar-refractivity contribution in [2.75, 3.05) is 0 Å². The van der Waals surface area contributed by atoms with E-state index in [9.17, 15) is 0 Å². The third kappa shape index (κ3) is 3.76. The van der Waals surface area contributed by atoms with Crippen molar-refractivity contribution >= 4 is 33.2 Å². The van der Waals surface area contributed by atoms with Crippen LogP contribution in [0.5, 0.6) is 0 Å². The molecule has 8 rings (SSSR count). The molecule has 6 aromatic carbocycles. The Morgan fingerprint density at radius 3 is 1.77 bits per heavy atom. The second-order valence-electron chi connectivity index (χ2n) is 11.3. The van der Waals surface area contributed by atoms with Gasteiger partial charge in [-0.1, -0.05) is 140 Å². The Hall–Kier alpha value is -5.80. The van der Waals surface area contributed by atoms with Crippen molar-refractivity contribution in [3.05, 3.63) is 197 Å². The Balaban J connectivity index is 1.33. The highest BCUT2D eigenvalue weighted by atomic mass is 15.0. The highest BCUT2D eigenvalue weighted by Crippen LogP contribution is 2.54. The van der Waals surface area contributed by atoms with Crippen molar-refractivity contribution in [3.63, 3.8) is 0 Å². The first-order valence-corrected chi connectivity index (χ1v) is 14.9. The molecule has 0 spiro atoms. The van der Waals surface area contributed by atoms with E-state index in [1.807, 2.05) is 42.5 Å². The molecule has 208 valence electrons. The molecule has 3 heteroatoms. The number of benzene rings is 6. The standard InChI is InChI=1S/C41H29N3/c42-36(28-12-3-1-4-13-28)26-27-37(43)29-22-24-31(25-23-29)41(30-14-5-2-6-15-30)34-18-8-10-21-39(34)44-38-20-9-7-16-32(38)33-17-11-19-35(41)40(33)44/h1-27,42-43H/b27-26-,42-36?,43-37?. The lowest BCUT2D eigenvalue weighted by Gasteiger charge is -2.41. The Labute approximate surface area is 256 Å². The Kier molecular flexibility index (Phi) is 5.99. The van der Waals surface area contributed by atoms with Crippen molar-refractivity contribution in [2.24, 2.45) is 0 Å². The summed E-state index contributed by atoms with van der Waals surface area (Å²) in [6, 6.07) is 53.1. The molecule has 1 aliphatic rings. The first kappa shape index (κ1) is 25.9. The molecular weight excluding hydrogens is 534 g/mol. The van der Waals surface area contributed by atoms with E-state index in [0.717, 1.165) is 16.7 Å². The number of allylic oxidation sites excluding steroid dienone is 2. The lowest BCUT2D eigenvalue weighted by molar-refractivity contribution is 0.727. The normalized spacial score (nSPS) is 15.5. The molecular formula is C41H29N3. The molecule has 44 heavy (non-hydrogen) atoms. The van der Waals surface area contributed by atoms with Crippen LogP contribution in [0.4, 0.5) is 0 Å². The number of aromatic nitrogens is 1. The predicted molar refractivity (Wildman–Crippen MR) is 182 cm³/mol. The molecule has 2 N–H and O–H groups in total. The van der Waals surface area contributed by atoms with Gasteiger partial charge in [0.15, 0.2) is 0 Å². The number of fused-ring (bicyclic) bond motifs is 5. The summed E-state index contributed by atoms with van der Waals surface area (Å²) >= 11 is 0. The number of para-hydroxylation sites is 3. The van der Waals surface area contributed by atoms with Crippen LogP contribution in [0.2, 0.25) is 0 Å². The molecule has 0 amide bonds. The topological polar surface area (TPSA) is 52.6 Å². The first-order valence-electron chi connectivity index (χ1n) is 14.9. The van der Waals surface area contributed by atoms with Gasteiger partial charge in [-0.15, -0.1) is 0 Å². The highest BCUT2D eigenvalue weighted by Gasteiger charge is 2.45. The number of hydrogen-bond acceptors (Lipinski definition) is 2. The van der Waals surface area contributed by atoms with Gasteiger partial charge in [0.1, 0.15) is 0 Å². The molecule has 1 aliphatic heterocycles.